The predicted molar refractivity (Wildman–Crippen MR) is 98.9 cm³/mol. The second-order valence-electron chi connectivity index (χ2n) is 7.37. The lowest BCUT2D eigenvalue weighted by Gasteiger charge is -2.29. The van der Waals surface area contributed by atoms with Gasteiger partial charge in [-0.2, -0.15) is 0 Å². The van der Waals surface area contributed by atoms with Crippen LogP contribution in [0.25, 0.3) is 0 Å². The highest BCUT2D eigenvalue weighted by Gasteiger charge is 2.23. The van der Waals surface area contributed by atoms with Crippen molar-refractivity contribution in [1.29, 1.82) is 0 Å². The maximum atomic E-state index is 4.58. The molecule has 2 heterocycles. The fraction of sp³-hybridized carbons (Fsp3) is 0.550. The molecule has 0 saturated carbocycles. The third-order valence-corrected chi connectivity index (χ3v) is 5.13. The van der Waals surface area contributed by atoms with Crippen LogP contribution >= 0.6 is 0 Å². The van der Waals surface area contributed by atoms with Gasteiger partial charge in [-0.25, -0.2) is 4.98 Å². The minimum Gasteiger partial charge on any atom is -0.333 e. The molecule has 1 aromatic heterocycles. The number of benzene rings is 1. The molecule has 130 valence electrons. The van der Waals surface area contributed by atoms with Crippen molar-refractivity contribution in [2.45, 2.75) is 39.4 Å². The van der Waals surface area contributed by atoms with Gasteiger partial charge in [0.1, 0.15) is 5.82 Å². The first-order valence-corrected chi connectivity index (χ1v) is 9.08. The number of hydrogen-bond acceptors (Lipinski definition) is 3. The van der Waals surface area contributed by atoms with Crippen molar-refractivity contribution in [1.82, 2.24) is 19.4 Å². The highest BCUT2D eigenvalue weighted by molar-refractivity contribution is 5.15. The molecule has 1 atom stereocenters. The van der Waals surface area contributed by atoms with E-state index in [2.05, 4.69) is 76.8 Å². The molecule has 1 aliphatic heterocycles. The van der Waals surface area contributed by atoms with Crippen molar-refractivity contribution in [3.63, 3.8) is 0 Å². The zero-order valence-corrected chi connectivity index (χ0v) is 15.2. The topological polar surface area (TPSA) is 24.3 Å². The van der Waals surface area contributed by atoms with Crippen molar-refractivity contribution in [2.24, 2.45) is 5.92 Å². The van der Waals surface area contributed by atoms with Crippen LogP contribution in [0.15, 0.2) is 42.7 Å². The average molecular weight is 326 g/mol. The Morgan fingerprint density at radius 1 is 1.21 bits per heavy atom. The summed E-state index contributed by atoms with van der Waals surface area (Å²) in [5.41, 5.74) is 1.42. The monoisotopic (exact) mass is 326 g/mol. The molecule has 4 nitrogen and oxygen atoms in total. The fourth-order valence-electron chi connectivity index (χ4n) is 3.46. The van der Waals surface area contributed by atoms with Crippen LogP contribution in [0.4, 0.5) is 0 Å². The Bertz CT molecular complexity index is 620. The summed E-state index contributed by atoms with van der Waals surface area (Å²) >= 11 is 0. The van der Waals surface area contributed by atoms with Gasteiger partial charge < -0.3 is 9.47 Å². The van der Waals surface area contributed by atoms with Gasteiger partial charge in [-0.15, -0.1) is 0 Å². The lowest BCUT2D eigenvalue weighted by atomic mass is 10.1. The Kier molecular flexibility index (Phi) is 5.69. The molecule has 4 heteroatoms. The van der Waals surface area contributed by atoms with Crippen molar-refractivity contribution < 1.29 is 0 Å². The van der Waals surface area contributed by atoms with E-state index < -0.39 is 0 Å². The van der Waals surface area contributed by atoms with Crippen LogP contribution in [0.3, 0.4) is 0 Å². The molecule has 0 amide bonds. The van der Waals surface area contributed by atoms with Gasteiger partial charge in [0.25, 0.3) is 0 Å². The number of fused-ring (bicyclic) bond motifs is 1. The summed E-state index contributed by atoms with van der Waals surface area (Å²) in [5, 5.41) is 0. The van der Waals surface area contributed by atoms with Crippen LogP contribution < -0.4 is 0 Å². The van der Waals surface area contributed by atoms with Crippen LogP contribution in [0.2, 0.25) is 0 Å². The van der Waals surface area contributed by atoms with E-state index in [1.807, 2.05) is 6.20 Å². The third-order valence-electron chi connectivity index (χ3n) is 5.13. The standard InChI is InChI=1S/C20H30N4/c1-17(2)22(3)13-19-14-23(11-9-18-7-5-4-6-8-18)16-20-21-10-12-24(20)15-19/h4-8,10,12,17,19H,9,11,13-16H2,1-3H3/t19-/m1/s1. The molecule has 3 rings (SSSR count). The first-order chi connectivity index (χ1) is 11.6. The van der Waals surface area contributed by atoms with E-state index in [-0.39, 0.29) is 0 Å². The predicted octanol–water partition coefficient (Wildman–Crippen LogP) is 2.90. The number of imidazole rings is 1. The van der Waals surface area contributed by atoms with Gasteiger partial charge >= 0.3 is 0 Å². The van der Waals surface area contributed by atoms with Crippen LogP contribution in [0.1, 0.15) is 25.2 Å². The van der Waals surface area contributed by atoms with Crippen molar-refractivity contribution in [2.75, 3.05) is 26.7 Å². The van der Waals surface area contributed by atoms with Gasteiger partial charge in [-0.05, 0) is 32.9 Å². The summed E-state index contributed by atoms with van der Waals surface area (Å²) in [6, 6.07) is 11.4. The lowest BCUT2D eigenvalue weighted by molar-refractivity contribution is 0.171. The molecule has 1 aromatic carbocycles. The number of aromatic nitrogens is 2. The van der Waals surface area contributed by atoms with E-state index >= 15 is 0 Å². The first kappa shape index (κ1) is 17.2. The zero-order chi connectivity index (χ0) is 16.9. The maximum Gasteiger partial charge on any atom is 0.122 e. The second kappa shape index (κ2) is 7.95. The molecular weight excluding hydrogens is 296 g/mol. The van der Waals surface area contributed by atoms with Crippen molar-refractivity contribution in [3.8, 4) is 0 Å². The summed E-state index contributed by atoms with van der Waals surface area (Å²) in [6.45, 7) is 9.96. The van der Waals surface area contributed by atoms with Crippen molar-refractivity contribution in [3.05, 3.63) is 54.1 Å². The summed E-state index contributed by atoms with van der Waals surface area (Å²) in [4.78, 5) is 9.62. The maximum absolute atomic E-state index is 4.58. The number of hydrogen-bond donors (Lipinski definition) is 0. The van der Waals surface area contributed by atoms with E-state index in [1.54, 1.807) is 0 Å². The number of rotatable bonds is 6. The highest BCUT2D eigenvalue weighted by atomic mass is 15.2. The molecule has 24 heavy (non-hydrogen) atoms. The summed E-state index contributed by atoms with van der Waals surface area (Å²) in [7, 11) is 2.23. The van der Waals surface area contributed by atoms with E-state index in [4.69, 9.17) is 0 Å². The highest BCUT2D eigenvalue weighted by Crippen LogP contribution is 2.17. The van der Waals surface area contributed by atoms with Gasteiger partial charge in [-0.3, -0.25) is 4.90 Å². The minimum atomic E-state index is 0.591. The Hall–Kier alpha value is -1.65. The normalized spacial score (nSPS) is 18.8. The smallest absolute Gasteiger partial charge is 0.122 e. The molecule has 2 aromatic rings. The largest absolute Gasteiger partial charge is 0.333 e. The van der Waals surface area contributed by atoms with E-state index in [1.165, 1.54) is 11.4 Å². The van der Waals surface area contributed by atoms with Crippen LogP contribution in [0.5, 0.6) is 0 Å². The van der Waals surface area contributed by atoms with Gasteiger partial charge in [0.2, 0.25) is 0 Å². The second-order valence-corrected chi connectivity index (χ2v) is 7.37. The Morgan fingerprint density at radius 2 is 2.00 bits per heavy atom. The van der Waals surface area contributed by atoms with Crippen molar-refractivity contribution >= 4 is 0 Å². The molecule has 0 radical (unpaired) electrons. The van der Waals surface area contributed by atoms with E-state index in [9.17, 15) is 0 Å². The van der Waals surface area contributed by atoms with Crippen LogP contribution in [-0.4, -0.2) is 52.1 Å². The Labute approximate surface area is 146 Å². The lowest BCUT2D eigenvalue weighted by Crippen LogP contribution is -2.38. The fourth-order valence-corrected chi connectivity index (χ4v) is 3.46. The quantitative estimate of drug-likeness (QED) is 0.816. The van der Waals surface area contributed by atoms with Crippen LogP contribution in [0, 0.1) is 5.92 Å². The van der Waals surface area contributed by atoms with E-state index in [0.717, 1.165) is 39.1 Å². The zero-order valence-electron chi connectivity index (χ0n) is 15.2. The van der Waals surface area contributed by atoms with Gasteiger partial charge in [-0.1, -0.05) is 30.3 Å². The molecule has 0 unspecified atom stereocenters. The number of nitrogens with zero attached hydrogens (tertiary/aromatic N) is 4. The van der Waals surface area contributed by atoms with Gasteiger partial charge in [0, 0.05) is 50.5 Å². The van der Waals surface area contributed by atoms with Gasteiger partial charge in [0.05, 0.1) is 6.54 Å². The molecule has 0 spiro atoms. The Balaban J connectivity index is 1.67. The summed E-state index contributed by atoms with van der Waals surface area (Å²) in [6.07, 6.45) is 5.19. The molecule has 0 N–H and O–H groups in total. The molecule has 0 saturated heterocycles. The van der Waals surface area contributed by atoms with E-state index in [0.29, 0.717) is 12.0 Å². The van der Waals surface area contributed by atoms with Gasteiger partial charge in [0.15, 0.2) is 0 Å². The molecule has 0 bridgehead atoms. The third kappa shape index (κ3) is 4.46. The molecular formula is C20H30N4. The SMILES string of the molecule is CC(C)N(C)C[C@@H]1CN(CCc2ccccc2)Cc2nccn2C1. The van der Waals surface area contributed by atoms with Crippen LogP contribution in [-0.2, 0) is 19.5 Å². The average Bonchev–Trinajstić information content (AvgIpc) is 2.93. The molecule has 1 aliphatic rings. The summed E-state index contributed by atoms with van der Waals surface area (Å²) < 4.78 is 2.35. The summed E-state index contributed by atoms with van der Waals surface area (Å²) in [5.74, 6) is 1.85. The molecule has 0 fully saturated rings. The first-order valence-electron chi connectivity index (χ1n) is 9.08. The Morgan fingerprint density at radius 3 is 2.75 bits per heavy atom. The molecule has 0 aliphatic carbocycles. The minimum absolute atomic E-state index is 0.591.